The van der Waals surface area contributed by atoms with Gasteiger partial charge in [0.1, 0.15) is 0 Å². The van der Waals surface area contributed by atoms with E-state index in [-0.39, 0.29) is 6.10 Å². The molecule has 1 rings (SSSR count). The highest BCUT2D eigenvalue weighted by Gasteiger charge is 2.09. The maximum absolute atomic E-state index is 9.19. The fraction of sp³-hybridized carbons (Fsp3) is 0.600. The van der Waals surface area contributed by atoms with Crippen molar-refractivity contribution in [3.63, 3.8) is 0 Å². The van der Waals surface area contributed by atoms with Crippen LogP contribution in [0.25, 0.3) is 0 Å². The SMILES string of the molecule is CC(O)CCN(C)c1nccnc1CN. The zero-order valence-corrected chi connectivity index (χ0v) is 9.22. The molecule has 0 aliphatic carbocycles. The average molecular weight is 210 g/mol. The van der Waals surface area contributed by atoms with Crippen molar-refractivity contribution in [1.82, 2.24) is 9.97 Å². The standard InChI is InChI=1S/C10H18N4O/c1-8(15)3-6-14(2)10-9(7-11)12-4-5-13-10/h4-5,8,15H,3,6-7,11H2,1-2H3. The van der Waals surface area contributed by atoms with Crippen LogP contribution in [0.3, 0.4) is 0 Å². The van der Waals surface area contributed by atoms with Crippen molar-refractivity contribution in [3.05, 3.63) is 18.1 Å². The van der Waals surface area contributed by atoms with Crippen LogP contribution in [-0.2, 0) is 6.54 Å². The molecule has 1 aromatic heterocycles. The molecule has 84 valence electrons. The van der Waals surface area contributed by atoms with Crippen molar-refractivity contribution in [2.75, 3.05) is 18.5 Å². The quantitative estimate of drug-likeness (QED) is 0.723. The molecule has 0 saturated carbocycles. The molecule has 0 amide bonds. The largest absolute Gasteiger partial charge is 0.393 e. The number of aliphatic hydroxyl groups is 1. The highest BCUT2D eigenvalue weighted by atomic mass is 16.3. The minimum atomic E-state index is -0.301. The van der Waals surface area contributed by atoms with Gasteiger partial charge < -0.3 is 15.7 Å². The van der Waals surface area contributed by atoms with Gasteiger partial charge in [-0.15, -0.1) is 0 Å². The summed E-state index contributed by atoms with van der Waals surface area (Å²) in [6.07, 6.45) is 3.68. The minimum Gasteiger partial charge on any atom is -0.393 e. The molecule has 0 aliphatic heterocycles. The minimum absolute atomic E-state index is 0.301. The van der Waals surface area contributed by atoms with Gasteiger partial charge in [-0.25, -0.2) is 4.98 Å². The second kappa shape index (κ2) is 5.63. The zero-order chi connectivity index (χ0) is 11.3. The van der Waals surface area contributed by atoms with E-state index in [2.05, 4.69) is 9.97 Å². The number of rotatable bonds is 5. The van der Waals surface area contributed by atoms with Crippen LogP contribution in [0.2, 0.25) is 0 Å². The molecule has 0 aromatic carbocycles. The second-order valence-electron chi connectivity index (χ2n) is 3.59. The van der Waals surface area contributed by atoms with Gasteiger partial charge in [0.05, 0.1) is 11.8 Å². The van der Waals surface area contributed by atoms with Crippen LogP contribution in [0.4, 0.5) is 5.82 Å². The van der Waals surface area contributed by atoms with Gasteiger partial charge >= 0.3 is 0 Å². The molecule has 1 heterocycles. The molecule has 0 radical (unpaired) electrons. The maximum atomic E-state index is 9.19. The molecular weight excluding hydrogens is 192 g/mol. The lowest BCUT2D eigenvalue weighted by Gasteiger charge is -2.20. The van der Waals surface area contributed by atoms with Crippen LogP contribution in [0.1, 0.15) is 19.0 Å². The third-order valence-electron chi connectivity index (χ3n) is 2.19. The average Bonchev–Trinajstić information content (AvgIpc) is 2.25. The van der Waals surface area contributed by atoms with Gasteiger partial charge in [-0.3, -0.25) is 4.98 Å². The topological polar surface area (TPSA) is 75.3 Å². The van der Waals surface area contributed by atoms with Crippen LogP contribution in [0.15, 0.2) is 12.4 Å². The highest BCUT2D eigenvalue weighted by Crippen LogP contribution is 2.12. The summed E-state index contributed by atoms with van der Waals surface area (Å²) in [6, 6.07) is 0. The lowest BCUT2D eigenvalue weighted by molar-refractivity contribution is 0.187. The van der Waals surface area contributed by atoms with Crippen LogP contribution >= 0.6 is 0 Å². The molecule has 1 aromatic rings. The summed E-state index contributed by atoms with van der Waals surface area (Å²) in [7, 11) is 1.92. The Morgan fingerprint density at radius 3 is 2.73 bits per heavy atom. The van der Waals surface area contributed by atoms with E-state index in [1.54, 1.807) is 19.3 Å². The molecule has 0 aliphatic rings. The number of hydrogen-bond acceptors (Lipinski definition) is 5. The maximum Gasteiger partial charge on any atom is 0.151 e. The van der Waals surface area contributed by atoms with E-state index < -0.39 is 0 Å². The van der Waals surface area contributed by atoms with E-state index in [0.29, 0.717) is 13.0 Å². The summed E-state index contributed by atoms with van der Waals surface area (Å²) >= 11 is 0. The smallest absolute Gasteiger partial charge is 0.151 e. The number of nitrogens with two attached hydrogens (primary N) is 1. The fourth-order valence-electron chi connectivity index (χ4n) is 1.31. The molecule has 3 N–H and O–H groups in total. The number of nitrogens with zero attached hydrogens (tertiary/aromatic N) is 3. The van der Waals surface area contributed by atoms with E-state index in [0.717, 1.165) is 18.1 Å². The first-order chi connectivity index (χ1) is 7.15. The van der Waals surface area contributed by atoms with Crippen molar-refractivity contribution >= 4 is 5.82 Å². The molecule has 0 fully saturated rings. The summed E-state index contributed by atoms with van der Waals surface area (Å²) < 4.78 is 0. The van der Waals surface area contributed by atoms with Gasteiger partial charge in [-0.1, -0.05) is 0 Å². The Balaban J connectivity index is 2.68. The second-order valence-corrected chi connectivity index (χ2v) is 3.59. The Morgan fingerprint density at radius 1 is 1.47 bits per heavy atom. The van der Waals surface area contributed by atoms with Crippen LogP contribution < -0.4 is 10.6 Å². The van der Waals surface area contributed by atoms with Crippen LogP contribution in [-0.4, -0.2) is 34.8 Å². The van der Waals surface area contributed by atoms with Gasteiger partial charge in [0.2, 0.25) is 0 Å². The van der Waals surface area contributed by atoms with Gasteiger partial charge in [0.15, 0.2) is 5.82 Å². The predicted octanol–water partition coefficient (Wildman–Crippen LogP) is 0.142. The molecule has 1 atom stereocenters. The Bertz CT molecular complexity index is 303. The van der Waals surface area contributed by atoms with Crippen molar-refractivity contribution in [3.8, 4) is 0 Å². The van der Waals surface area contributed by atoms with Crippen molar-refractivity contribution in [2.24, 2.45) is 5.73 Å². The number of hydrogen-bond donors (Lipinski definition) is 2. The van der Waals surface area contributed by atoms with E-state index in [1.807, 2.05) is 11.9 Å². The van der Waals surface area contributed by atoms with E-state index in [4.69, 9.17) is 5.73 Å². The lowest BCUT2D eigenvalue weighted by atomic mass is 10.2. The molecule has 0 saturated heterocycles. The summed E-state index contributed by atoms with van der Waals surface area (Å²) in [5, 5.41) is 9.19. The molecule has 0 bridgehead atoms. The summed E-state index contributed by atoms with van der Waals surface area (Å²) in [6.45, 7) is 2.89. The van der Waals surface area contributed by atoms with Gasteiger partial charge in [-0.05, 0) is 13.3 Å². The molecule has 0 spiro atoms. The first kappa shape index (κ1) is 11.9. The fourth-order valence-corrected chi connectivity index (χ4v) is 1.31. The predicted molar refractivity (Wildman–Crippen MR) is 59.5 cm³/mol. The third-order valence-corrected chi connectivity index (χ3v) is 2.19. The summed E-state index contributed by atoms with van der Waals surface area (Å²) in [5.41, 5.74) is 6.35. The highest BCUT2D eigenvalue weighted by molar-refractivity contribution is 5.41. The van der Waals surface area contributed by atoms with Crippen LogP contribution in [0.5, 0.6) is 0 Å². The first-order valence-electron chi connectivity index (χ1n) is 5.04. The Kier molecular flexibility index (Phi) is 4.45. The summed E-state index contributed by atoms with van der Waals surface area (Å²) in [4.78, 5) is 10.3. The Morgan fingerprint density at radius 2 is 2.13 bits per heavy atom. The normalized spacial score (nSPS) is 12.5. The van der Waals surface area contributed by atoms with Crippen molar-refractivity contribution in [2.45, 2.75) is 26.0 Å². The summed E-state index contributed by atoms with van der Waals surface area (Å²) in [5.74, 6) is 0.792. The zero-order valence-electron chi connectivity index (χ0n) is 9.22. The molecule has 5 nitrogen and oxygen atoms in total. The lowest BCUT2D eigenvalue weighted by Crippen LogP contribution is -2.25. The van der Waals surface area contributed by atoms with Gasteiger partial charge in [0.25, 0.3) is 0 Å². The van der Waals surface area contributed by atoms with Crippen LogP contribution in [0, 0.1) is 0 Å². The number of aliphatic hydroxyl groups excluding tert-OH is 1. The Hall–Kier alpha value is -1.20. The Labute approximate surface area is 90.0 Å². The van der Waals surface area contributed by atoms with Gasteiger partial charge in [-0.2, -0.15) is 0 Å². The third kappa shape index (κ3) is 3.45. The monoisotopic (exact) mass is 210 g/mol. The first-order valence-corrected chi connectivity index (χ1v) is 5.04. The van der Waals surface area contributed by atoms with E-state index in [9.17, 15) is 5.11 Å². The molecular formula is C10H18N4O. The van der Waals surface area contributed by atoms with E-state index >= 15 is 0 Å². The molecule has 15 heavy (non-hydrogen) atoms. The molecule has 5 heteroatoms. The van der Waals surface area contributed by atoms with Gasteiger partial charge in [0, 0.05) is 32.5 Å². The van der Waals surface area contributed by atoms with Crippen molar-refractivity contribution < 1.29 is 5.11 Å². The number of aromatic nitrogens is 2. The molecule has 1 unspecified atom stereocenters. The van der Waals surface area contributed by atoms with Crippen molar-refractivity contribution in [1.29, 1.82) is 0 Å². The van der Waals surface area contributed by atoms with E-state index in [1.165, 1.54) is 0 Å². The number of anilines is 1.